The first-order valence-corrected chi connectivity index (χ1v) is 0. The minimum absolute atomic E-state index is 0. The summed E-state index contributed by atoms with van der Waals surface area (Å²) >= 11 is 0. The van der Waals surface area contributed by atoms with Gasteiger partial charge in [0.05, 0.1) is 0 Å². The second-order valence-corrected chi connectivity index (χ2v) is 0. The van der Waals surface area contributed by atoms with Crippen LogP contribution in [0.25, 0.3) is 0 Å². The van der Waals surface area contributed by atoms with E-state index in [0.717, 1.165) is 0 Å². The van der Waals surface area contributed by atoms with Crippen molar-refractivity contribution in [3.63, 3.8) is 0 Å². The van der Waals surface area contributed by atoms with E-state index in [1.54, 1.807) is 0 Å². The van der Waals surface area contributed by atoms with E-state index in [2.05, 4.69) is 0 Å². The van der Waals surface area contributed by atoms with Crippen LogP contribution in [0.4, 0.5) is 0 Å². The van der Waals surface area contributed by atoms with Crippen LogP contribution in [0.15, 0.2) is 0 Å². The molecule has 0 aliphatic carbocycles. The maximum absolute atomic E-state index is 0. The van der Waals surface area contributed by atoms with Crippen LogP contribution in [0.2, 0.25) is 0 Å². The standard InChI is InChI=1S/2Fe.12Na.69H2O.19W.3Zn/h;;;;;;;;;;;;;;69*1H2;;;;;;;;;;;;;;;;;;;;;;. The zero-order valence-electron chi connectivity index (χ0n) is 57.1. The predicted molar refractivity (Wildman–Crippen MR) is 318 cm³/mol. The molecule has 12 radical (unpaired) electrons. The summed E-state index contributed by atoms with van der Waals surface area (Å²) in [6, 6.07) is 0. The molecular weight excluding hydrogens is 5180 g/mol. The van der Waals surface area contributed by atoms with Crippen LogP contribution in [-0.4, -0.2) is 733 Å². The molecule has 0 unspecified atom stereocenters. The van der Waals surface area contributed by atoms with Gasteiger partial charge in [0.25, 0.3) is 0 Å². The van der Waals surface area contributed by atoms with Gasteiger partial charge in [-0.3, -0.25) is 0 Å². The summed E-state index contributed by atoms with van der Waals surface area (Å²) in [7, 11) is 0. The fourth-order valence-electron chi connectivity index (χ4n) is 0. The molecule has 0 fully saturated rings. The molecule has 105 heteroatoms. The molecule has 0 rings (SSSR count). The van der Waals surface area contributed by atoms with Crippen LogP contribution in [0.5, 0.6) is 0 Å². The normalized spacial score (nSPS) is 0. The van der Waals surface area contributed by atoms with Gasteiger partial charge >= 0.3 is 0 Å². The Bertz CT molecular complexity index is 153. The van der Waals surface area contributed by atoms with Crippen molar-refractivity contribution in [2.45, 2.75) is 0 Å². The van der Waals surface area contributed by atoms with E-state index in [1.165, 1.54) is 0 Å². The first-order valence-electron chi connectivity index (χ1n) is 0. The minimum atomic E-state index is 0. The fraction of sp³-hybridized carbons (Fsp3) is 0. The molecule has 0 aromatic rings. The van der Waals surface area contributed by atoms with Crippen molar-refractivity contribution in [1.82, 2.24) is 0 Å². The summed E-state index contributed by atoms with van der Waals surface area (Å²) in [5, 5.41) is 0. The van der Waals surface area contributed by atoms with E-state index < -0.39 is 0 Å². The van der Waals surface area contributed by atoms with E-state index >= 15 is 0 Å². The zero-order valence-corrected chi connectivity index (χ0v) is 148. The molecule has 0 saturated carbocycles. The molecule has 0 aliphatic rings. The molecule has 0 aromatic heterocycles. The van der Waals surface area contributed by atoms with Gasteiger partial charge in [-0.2, -0.15) is 0 Å². The summed E-state index contributed by atoms with van der Waals surface area (Å²) in [5.41, 5.74) is 0. The van der Waals surface area contributed by atoms with Gasteiger partial charge in [-0.25, -0.2) is 0 Å². The molecule has 0 saturated heterocycles. The third-order valence-electron chi connectivity index (χ3n) is 0. The quantitative estimate of drug-likeness (QED) is 0.204. The molecule has 138 N–H and O–H groups in total. The summed E-state index contributed by atoms with van der Waals surface area (Å²) in [6.07, 6.45) is 0. The summed E-state index contributed by atoms with van der Waals surface area (Å²) in [5.74, 6) is 0. The second-order valence-electron chi connectivity index (χ2n) is 0. The number of hydrogen-bond donors (Lipinski definition) is 0. The van der Waals surface area contributed by atoms with Crippen molar-refractivity contribution >= 4 is 355 Å². The van der Waals surface area contributed by atoms with Gasteiger partial charge in [-0.1, -0.05) is 0 Å². The third-order valence-corrected chi connectivity index (χ3v) is 0. The molecule has 0 bridgehead atoms. The van der Waals surface area contributed by atoms with E-state index in [1.807, 2.05) is 0 Å². The van der Waals surface area contributed by atoms with Crippen LogP contribution >= 0.6 is 0 Å². The van der Waals surface area contributed by atoms with Gasteiger partial charge in [0.15, 0.2) is 0 Å². The average molecular weight is 5320 g/mol. The van der Waals surface area contributed by atoms with Gasteiger partial charge < -0.3 is 378 Å². The van der Waals surface area contributed by atoms with E-state index in [0.29, 0.717) is 0 Å². The van der Waals surface area contributed by atoms with Crippen molar-refractivity contribution in [3.05, 3.63) is 0 Å². The van der Waals surface area contributed by atoms with Crippen LogP contribution in [0.3, 0.4) is 0 Å². The van der Waals surface area contributed by atoms with E-state index in [9.17, 15) is 0 Å². The topological polar surface area (TPSA) is 2170 Å². The molecule has 0 atom stereocenters. The summed E-state index contributed by atoms with van der Waals surface area (Å²) in [6.45, 7) is 0. The molecular formula is H138Fe2Na12O69W19Zn3. The molecule has 0 amide bonds. The van der Waals surface area contributed by atoms with Crippen molar-refractivity contribution < 1.29 is 871 Å². The Kier molecular flexibility index (Phi) is 109000. The Balaban J connectivity index is 0. The van der Waals surface area contributed by atoms with Crippen LogP contribution in [0.1, 0.15) is 0 Å². The van der Waals surface area contributed by atoms with Gasteiger partial charge in [0, 0.05) is 847 Å². The molecule has 0 spiro atoms. The Labute approximate surface area is 1200 Å². The van der Waals surface area contributed by atoms with Crippen molar-refractivity contribution in [2.24, 2.45) is 0 Å². The summed E-state index contributed by atoms with van der Waals surface area (Å²) in [4.78, 5) is 0. The van der Waals surface area contributed by atoms with Crippen LogP contribution in [-0.2, 0) is 493 Å². The first kappa shape index (κ1) is 3420. The van der Waals surface area contributed by atoms with Crippen LogP contribution < -0.4 is 0 Å². The van der Waals surface area contributed by atoms with Crippen molar-refractivity contribution in [1.29, 1.82) is 0 Å². The van der Waals surface area contributed by atoms with Gasteiger partial charge in [-0.05, 0) is 0 Å². The van der Waals surface area contributed by atoms with Crippen molar-refractivity contribution in [2.75, 3.05) is 0 Å². The van der Waals surface area contributed by atoms with E-state index in [4.69, 9.17) is 0 Å². The van der Waals surface area contributed by atoms with Gasteiger partial charge in [-0.15, -0.1) is 0 Å². The van der Waals surface area contributed by atoms with Crippen molar-refractivity contribution in [3.8, 4) is 0 Å². The Morgan fingerprint density at radius 1 is 0.0476 bits per heavy atom. The predicted octanol–water partition coefficient (Wildman–Crippen LogP) is -61.5. The SMILES string of the molecule is O.O.O.O.O.O.O.O.O.O.O.O.O.O.O.O.O.O.O.O.O.O.O.O.O.O.O.O.O.O.O.O.O.O.O.O.O.O.O.O.O.O.O.O.O.O.O.O.O.O.O.O.O.O.O.O.O.O.O.O.O.O.O.O.O.O.O.O.O.[Fe].[Fe].[Na].[Na].[Na].[Na].[Na].[Na].[Na].[Na].[Na].[Na].[Na].[Na].[W].[W].[W].[W].[W].[W].[W].[W].[W].[W].[W].[W].[W].[W].[W].[W].[W].[W].[W].[Zn].[Zn].[Zn]. The monoisotopic (exact) mass is 5320 g/mol. The second kappa shape index (κ2) is 3340. The smallest absolute Gasteiger partial charge is 0 e. The molecule has 0 aromatic carbocycles. The Morgan fingerprint density at radius 3 is 0.0476 bits per heavy atom. The van der Waals surface area contributed by atoms with Gasteiger partial charge in [0.1, 0.15) is 0 Å². The number of hydrogen-bond acceptors (Lipinski definition) is 0. The first-order chi connectivity index (χ1) is 0. The largest absolute Gasteiger partial charge is 0.412 e. The molecule has 69 nitrogen and oxygen atoms in total. The maximum atomic E-state index is 0. The van der Waals surface area contributed by atoms with Gasteiger partial charge in [0.2, 0.25) is 0 Å². The summed E-state index contributed by atoms with van der Waals surface area (Å²) < 4.78 is 0. The third kappa shape index (κ3) is 3290. The molecule has 0 aliphatic heterocycles. The average Bonchev–Trinajstić information content (AvgIpc) is 0. The maximum Gasteiger partial charge on any atom is 0 e. The molecule has 0 heterocycles. The Hall–Kier alpha value is 25.2. The zero-order chi connectivity index (χ0) is 0. The number of rotatable bonds is 0. The fourth-order valence-corrected chi connectivity index (χ4v) is 0. The molecule has 105 heavy (non-hydrogen) atoms. The Morgan fingerprint density at radius 2 is 0.0476 bits per heavy atom. The minimum Gasteiger partial charge on any atom is -0.412 e. The molecule has 700 valence electrons. The van der Waals surface area contributed by atoms with Crippen LogP contribution in [0, 0.1) is 0 Å². The van der Waals surface area contributed by atoms with E-state index in [-0.39, 0.29) is 1230 Å².